The maximum atomic E-state index is 13.5. The van der Waals surface area contributed by atoms with Gasteiger partial charge in [-0.25, -0.2) is 0 Å². The number of fused-ring (bicyclic) bond motifs is 6. The molecule has 1 aromatic heterocycles. The van der Waals surface area contributed by atoms with Gasteiger partial charge < -0.3 is 35.3 Å². The van der Waals surface area contributed by atoms with E-state index in [4.69, 9.17) is 4.74 Å². The van der Waals surface area contributed by atoms with Gasteiger partial charge in [-0.3, -0.25) is 14.4 Å². The number of aromatic amines is 1. The minimum Gasteiger partial charge on any atom is -0.507 e. The Kier molecular flexibility index (Phi) is 4.79. The molecule has 0 saturated carbocycles. The van der Waals surface area contributed by atoms with Crippen LogP contribution in [0.2, 0.25) is 0 Å². The number of aliphatic hydroxyl groups excluding tert-OH is 1. The third-order valence-corrected chi connectivity index (χ3v) is 7.47. The Hall–Kier alpha value is -4.67. The van der Waals surface area contributed by atoms with Crippen molar-refractivity contribution in [1.29, 1.82) is 0 Å². The van der Waals surface area contributed by atoms with Crippen molar-refractivity contribution in [2.45, 2.75) is 26.1 Å². The molecule has 10 heteroatoms. The number of phenolic OH excluding ortho intramolecular Hbond substituents is 4. The Morgan fingerprint density at radius 3 is 2.13 bits per heavy atom. The van der Waals surface area contributed by atoms with Gasteiger partial charge in [0.2, 0.25) is 0 Å². The van der Waals surface area contributed by atoms with E-state index in [0.29, 0.717) is 11.3 Å². The number of rotatable bonds is 1. The van der Waals surface area contributed by atoms with Gasteiger partial charge in [0.15, 0.2) is 11.6 Å². The van der Waals surface area contributed by atoms with Crippen molar-refractivity contribution in [2.75, 3.05) is 7.11 Å². The standard InChI is InChI=1S/C28H21NO9/c1-8-4-5-10-15(20(8)30)22(32)12-7-13-14(24(34)16(12)21(10)31)18-19(26(36)27(13)38-3)23(33)11-6-9(2)29-28(37)17(11)25(18)35/h4-7,26-27,30,33-36H,1-3H3,(H,29,37)/t26-,27-/m0/s1. The largest absolute Gasteiger partial charge is 0.507 e. The van der Waals surface area contributed by atoms with E-state index >= 15 is 0 Å². The van der Waals surface area contributed by atoms with Crippen LogP contribution in [-0.4, -0.2) is 49.2 Å². The van der Waals surface area contributed by atoms with Crippen LogP contribution in [0.4, 0.5) is 0 Å². The Labute approximate surface area is 214 Å². The molecule has 2 aliphatic carbocycles. The molecule has 0 aliphatic heterocycles. The van der Waals surface area contributed by atoms with Crippen molar-refractivity contribution in [3.8, 4) is 34.1 Å². The zero-order valence-electron chi connectivity index (χ0n) is 20.3. The molecule has 0 spiro atoms. The summed E-state index contributed by atoms with van der Waals surface area (Å²) in [5, 5.41) is 55.5. The van der Waals surface area contributed by atoms with E-state index in [1.54, 1.807) is 13.8 Å². The first kappa shape index (κ1) is 23.7. The van der Waals surface area contributed by atoms with Gasteiger partial charge in [-0.1, -0.05) is 6.07 Å². The summed E-state index contributed by atoms with van der Waals surface area (Å²) in [6.45, 7) is 3.16. The number of aromatic nitrogens is 1. The Morgan fingerprint density at radius 1 is 0.789 bits per heavy atom. The van der Waals surface area contributed by atoms with Crippen LogP contribution in [0.5, 0.6) is 23.0 Å². The second-order valence-corrected chi connectivity index (χ2v) is 9.58. The maximum Gasteiger partial charge on any atom is 0.259 e. The fourth-order valence-corrected chi connectivity index (χ4v) is 5.71. The first-order chi connectivity index (χ1) is 18.0. The molecular formula is C28H21NO9. The number of carbonyl (C=O) groups is 2. The van der Waals surface area contributed by atoms with Crippen molar-refractivity contribution in [2.24, 2.45) is 0 Å². The quantitative estimate of drug-likeness (QED) is 0.183. The number of aryl methyl sites for hydroxylation is 2. The minimum absolute atomic E-state index is 0.0247. The number of hydrogen-bond acceptors (Lipinski definition) is 9. The summed E-state index contributed by atoms with van der Waals surface area (Å²) in [5.74, 6) is -3.67. The predicted octanol–water partition coefficient (Wildman–Crippen LogP) is 3.14. The third kappa shape index (κ3) is 2.75. The topological polar surface area (TPSA) is 177 Å². The van der Waals surface area contributed by atoms with Gasteiger partial charge in [0.25, 0.3) is 5.56 Å². The molecule has 38 heavy (non-hydrogen) atoms. The highest BCUT2D eigenvalue weighted by Gasteiger charge is 2.44. The number of nitrogens with one attached hydrogen (secondary N) is 1. The molecule has 0 fully saturated rings. The monoisotopic (exact) mass is 515 g/mol. The van der Waals surface area contributed by atoms with Crippen LogP contribution in [0.3, 0.4) is 0 Å². The molecule has 0 amide bonds. The van der Waals surface area contributed by atoms with E-state index in [0.717, 1.165) is 0 Å². The summed E-state index contributed by atoms with van der Waals surface area (Å²) in [6.07, 6.45) is -2.83. The van der Waals surface area contributed by atoms with Gasteiger partial charge in [0, 0.05) is 46.0 Å². The van der Waals surface area contributed by atoms with Crippen LogP contribution in [0.1, 0.15) is 66.4 Å². The number of hydrogen-bond donors (Lipinski definition) is 6. The highest BCUT2D eigenvalue weighted by molar-refractivity contribution is 6.31. The molecule has 6 rings (SSSR count). The highest BCUT2D eigenvalue weighted by Crippen LogP contribution is 2.58. The van der Waals surface area contributed by atoms with E-state index in [9.17, 15) is 39.9 Å². The predicted molar refractivity (Wildman–Crippen MR) is 134 cm³/mol. The van der Waals surface area contributed by atoms with E-state index < -0.39 is 46.6 Å². The second-order valence-electron chi connectivity index (χ2n) is 9.58. The maximum absolute atomic E-state index is 13.5. The number of aromatic hydroxyl groups is 4. The number of carbonyl (C=O) groups excluding carboxylic acids is 2. The van der Waals surface area contributed by atoms with Crippen molar-refractivity contribution < 1.29 is 39.9 Å². The van der Waals surface area contributed by atoms with Crippen LogP contribution >= 0.6 is 0 Å². The van der Waals surface area contributed by atoms with Gasteiger partial charge in [-0.15, -0.1) is 0 Å². The average molecular weight is 515 g/mol. The van der Waals surface area contributed by atoms with Crippen LogP contribution in [0.25, 0.3) is 21.9 Å². The van der Waals surface area contributed by atoms with Crippen LogP contribution in [-0.2, 0) is 4.74 Å². The molecule has 4 aromatic rings. The lowest BCUT2D eigenvalue weighted by atomic mass is 9.74. The zero-order valence-corrected chi connectivity index (χ0v) is 20.3. The van der Waals surface area contributed by atoms with Crippen molar-refractivity contribution >= 4 is 22.3 Å². The van der Waals surface area contributed by atoms with E-state index in [-0.39, 0.29) is 61.0 Å². The Balaban J connectivity index is 1.77. The van der Waals surface area contributed by atoms with Gasteiger partial charge in [-0.05, 0) is 43.2 Å². The van der Waals surface area contributed by atoms with E-state index in [2.05, 4.69) is 4.98 Å². The number of ketones is 2. The fourth-order valence-electron chi connectivity index (χ4n) is 5.71. The molecule has 0 saturated heterocycles. The van der Waals surface area contributed by atoms with Crippen molar-refractivity contribution in [3.63, 3.8) is 0 Å². The van der Waals surface area contributed by atoms with Gasteiger partial charge in [0.05, 0.1) is 16.5 Å². The molecule has 192 valence electrons. The summed E-state index contributed by atoms with van der Waals surface area (Å²) in [5.41, 5.74) is -1.48. The van der Waals surface area contributed by atoms with Gasteiger partial charge in [0.1, 0.15) is 35.2 Å². The molecular weight excluding hydrogens is 494 g/mol. The Bertz CT molecular complexity index is 1850. The smallest absolute Gasteiger partial charge is 0.259 e. The zero-order chi connectivity index (χ0) is 27.4. The van der Waals surface area contributed by atoms with Crippen LogP contribution in [0.15, 0.2) is 29.1 Å². The number of benzene rings is 3. The molecule has 0 bridgehead atoms. The van der Waals surface area contributed by atoms with Gasteiger partial charge >= 0.3 is 0 Å². The molecule has 2 atom stereocenters. The highest BCUT2D eigenvalue weighted by atomic mass is 16.5. The number of ether oxygens (including phenoxy) is 1. The summed E-state index contributed by atoms with van der Waals surface area (Å²) in [7, 11) is 1.27. The molecule has 0 unspecified atom stereocenters. The number of H-pyrrole nitrogens is 1. The lowest BCUT2D eigenvalue weighted by Gasteiger charge is -2.34. The Morgan fingerprint density at radius 2 is 1.45 bits per heavy atom. The first-order valence-electron chi connectivity index (χ1n) is 11.6. The number of phenols is 4. The lowest BCUT2D eigenvalue weighted by molar-refractivity contribution is -0.0173. The van der Waals surface area contributed by atoms with Gasteiger partial charge in [-0.2, -0.15) is 0 Å². The lowest BCUT2D eigenvalue weighted by Crippen LogP contribution is -2.25. The molecule has 3 aromatic carbocycles. The fraction of sp³-hybridized carbons (Fsp3) is 0.179. The van der Waals surface area contributed by atoms with Crippen LogP contribution in [0, 0.1) is 13.8 Å². The van der Waals surface area contributed by atoms with Crippen molar-refractivity contribution in [3.05, 3.63) is 79.3 Å². The normalized spacial score (nSPS) is 17.7. The van der Waals surface area contributed by atoms with Crippen LogP contribution < -0.4 is 5.56 Å². The molecule has 1 heterocycles. The molecule has 6 N–H and O–H groups in total. The molecule has 2 aliphatic rings. The summed E-state index contributed by atoms with van der Waals surface area (Å²) < 4.78 is 5.49. The van der Waals surface area contributed by atoms with E-state index in [1.807, 2.05) is 0 Å². The summed E-state index contributed by atoms with van der Waals surface area (Å²) >= 11 is 0. The third-order valence-electron chi connectivity index (χ3n) is 7.47. The number of methoxy groups -OCH3 is 1. The average Bonchev–Trinajstić information content (AvgIpc) is 2.86. The van der Waals surface area contributed by atoms with E-state index in [1.165, 1.54) is 31.4 Å². The van der Waals surface area contributed by atoms with Crippen molar-refractivity contribution in [1.82, 2.24) is 4.98 Å². The SMILES string of the molecule is CO[C@H]1c2cc3c(c(O)c2-c2c(c(O)c4cc(C)[nH]c(=O)c4c2O)[C@@H]1O)C(=O)c1ccc(C)c(O)c1C3=O. The molecule has 10 nitrogen and oxygen atoms in total. The first-order valence-corrected chi connectivity index (χ1v) is 11.6. The molecule has 0 radical (unpaired) electrons. The summed E-state index contributed by atoms with van der Waals surface area (Å²) in [4.78, 5) is 42.4. The minimum atomic E-state index is -1.59. The number of aliphatic hydroxyl groups is 1. The number of pyridine rings is 1. The summed E-state index contributed by atoms with van der Waals surface area (Å²) in [6, 6.07) is 5.53. The second kappa shape index (κ2) is 7.67.